The topological polar surface area (TPSA) is 128 Å². The summed E-state index contributed by atoms with van der Waals surface area (Å²) in [5, 5.41) is 5.14. The number of nitrogens with one attached hydrogen (secondary N) is 2. The molecule has 0 aliphatic heterocycles. The van der Waals surface area contributed by atoms with Crippen LogP contribution in [0.25, 0.3) is 0 Å². The summed E-state index contributed by atoms with van der Waals surface area (Å²) in [6.45, 7) is 7.12. The summed E-state index contributed by atoms with van der Waals surface area (Å²) >= 11 is 0. The Morgan fingerprint density at radius 3 is 1.98 bits per heavy atom. The maximum Gasteiger partial charge on any atom is 0.339 e. The van der Waals surface area contributed by atoms with Gasteiger partial charge in [0.15, 0.2) is 5.75 Å². The minimum atomic E-state index is -4.15. The Balaban J connectivity index is 1.48. The fourth-order valence-corrected chi connectivity index (χ4v) is 6.45. The zero-order valence-corrected chi connectivity index (χ0v) is 23.9. The zero-order valence-electron chi connectivity index (χ0n) is 22.3. The van der Waals surface area contributed by atoms with Gasteiger partial charge in [-0.2, -0.15) is 16.8 Å². The van der Waals surface area contributed by atoms with Gasteiger partial charge in [-0.3, -0.25) is 0 Å². The van der Waals surface area contributed by atoms with Crippen molar-refractivity contribution in [3.05, 3.63) is 107 Å². The van der Waals surface area contributed by atoms with E-state index >= 15 is 0 Å². The van der Waals surface area contributed by atoms with Crippen molar-refractivity contribution in [3.63, 3.8) is 0 Å². The van der Waals surface area contributed by atoms with Crippen LogP contribution in [0.1, 0.15) is 22.3 Å². The number of hydrogen-bond acceptors (Lipinski definition) is 7. The second-order valence-corrected chi connectivity index (χ2v) is 12.2. The minimum absolute atomic E-state index is 0.00472. The van der Waals surface area contributed by atoms with Gasteiger partial charge >= 0.3 is 26.3 Å². The van der Waals surface area contributed by atoms with Crippen LogP contribution < -0.4 is 19.0 Å². The molecule has 4 aromatic rings. The van der Waals surface area contributed by atoms with Crippen molar-refractivity contribution in [3.8, 4) is 11.5 Å². The van der Waals surface area contributed by atoms with Gasteiger partial charge in [-0.15, -0.1) is 0 Å². The lowest BCUT2D eigenvalue weighted by Gasteiger charge is -2.14. The number of carbonyl (C=O) groups is 1. The van der Waals surface area contributed by atoms with Crippen molar-refractivity contribution in [1.82, 2.24) is 0 Å². The molecule has 0 radical (unpaired) electrons. The highest BCUT2D eigenvalue weighted by atomic mass is 32.2. The molecule has 2 N–H and O–H groups in total. The zero-order chi connectivity index (χ0) is 29.1. The Labute approximate surface area is 234 Å². The van der Waals surface area contributed by atoms with Crippen molar-refractivity contribution in [2.45, 2.75) is 37.5 Å². The maximum atomic E-state index is 13.0. The van der Waals surface area contributed by atoms with Gasteiger partial charge < -0.3 is 19.0 Å². The maximum absolute atomic E-state index is 13.0. The molecule has 0 heterocycles. The molecule has 0 bridgehead atoms. The Hall–Kier alpha value is -4.35. The van der Waals surface area contributed by atoms with E-state index in [0.29, 0.717) is 11.1 Å². The van der Waals surface area contributed by atoms with Gasteiger partial charge in [-0.1, -0.05) is 53.6 Å². The molecule has 0 spiro atoms. The van der Waals surface area contributed by atoms with Gasteiger partial charge in [-0.05, 0) is 75.2 Å². The number of benzene rings is 4. The average molecular weight is 581 g/mol. The first-order chi connectivity index (χ1) is 18.8. The first-order valence-electron chi connectivity index (χ1n) is 12.1. The number of aryl methyl sites for hydroxylation is 4. The van der Waals surface area contributed by atoms with Crippen molar-refractivity contribution < 1.29 is 30.0 Å². The molecule has 40 heavy (non-hydrogen) atoms. The first-order valence-corrected chi connectivity index (χ1v) is 15.0. The van der Waals surface area contributed by atoms with E-state index < -0.39 is 26.3 Å². The van der Waals surface area contributed by atoms with E-state index in [2.05, 4.69) is 10.6 Å². The first kappa shape index (κ1) is 28.7. The van der Waals surface area contributed by atoms with Gasteiger partial charge in [0.25, 0.3) is 0 Å². The van der Waals surface area contributed by atoms with E-state index in [1.54, 1.807) is 56.3 Å². The summed E-state index contributed by atoms with van der Waals surface area (Å²) in [5.74, 6) is -0.0738. The monoisotopic (exact) mass is 580 g/mol. The molecule has 0 saturated carbocycles. The molecular weight excluding hydrogens is 552 g/mol. The number of hydrogen-bond donors (Lipinski definition) is 2. The van der Waals surface area contributed by atoms with E-state index in [-0.39, 0.29) is 32.7 Å². The second-order valence-electron chi connectivity index (χ2n) is 9.22. The quantitative estimate of drug-likeness (QED) is 0.241. The number of carbonyl (C=O) groups excluding carboxylic acids is 1. The van der Waals surface area contributed by atoms with Gasteiger partial charge in [-0.25, -0.2) is 4.79 Å². The lowest BCUT2D eigenvalue weighted by Crippen LogP contribution is -2.20. The molecule has 2 amide bonds. The summed E-state index contributed by atoms with van der Waals surface area (Å²) in [7, 11) is -8.28. The van der Waals surface area contributed by atoms with Gasteiger partial charge in [0.2, 0.25) is 0 Å². The lowest BCUT2D eigenvalue weighted by atomic mass is 10.1. The Morgan fingerprint density at radius 1 is 0.650 bits per heavy atom. The summed E-state index contributed by atoms with van der Waals surface area (Å²) in [6.07, 6.45) is 0. The SMILES string of the molecule is Cc1ccc(S(=O)(=O)Oc2ccccc2NC(=O)Nc2cccc(OS(=O)(=O)c3c(C)cc(C)cc3C)c2)cc1. The normalized spacial score (nSPS) is 11.5. The summed E-state index contributed by atoms with van der Waals surface area (Å²) < 4.78 is 62.2. The predicted molar refractivity (Wildman–Crippen MR) is 153 cm³/mol. The Morgan fingerprint density at radius 2 is 1.30 bits per heavy atom. The third-order valence-electron chi connectivity index (χ3n) is 5.80. The molecule has 0 aliphatic rings. The molecule has 0 unspecified atom stereocenters. The van der Waals surface area contributed by atoms with Crippen LogP contribution in [0.15, 0.2) is 94.7 Å². The minimum Gasteiger partial charge on any atom is -0.379 e. The highest BCUT2D eigenvalue weighted by Gasteiger charge is 2.23. The van der Waals surface area contributed by atoms with Gasteiger partial charge in [0.1, 0.15) is 15.5 Å². The summed E-state index contributed by atoms with van der Waals surface area (Å²) in [4.78, 5) is 12.8. The van der Waals surface area contributed by atoms with Gasteiger partial charge in [0.05, 0.1) is 5.69 Å². The highest BCUT2D eigenvalue weighted by molar-refractivity contribution is 7.87. The molecule has 0 aliphatic carbocycles. The van der Waals surface area contributed by atoms with Crippen molar-refractivity contribution >= 4 is 37.6 Å². The van der Waals surface area contributed by atoms with E-state index in [1.807, 2.05) is 13.8 Å². The van der Waals surface area contributed by atoms with E-state index in [1.165, 1.54) is 42.5 Å². The third kappa shape index (κ3) is 6.80. The second kappa shape index (κ2) is 11.4. The highest BCUT2D eigenvalue weighted by Crippen LogP contribution is 2.29. The number of amides is 2. The number of urea groups is 1. The van der Waals surface area contributed by atoms with Crippen LogP contribution in [-0.2, 0) is 20.2 Å². The van der Waals surface area contributed by atoms with Crippen LogP contribution in [-0.4, -0.2) is 22.9 Å². The fraction of sp³-hybridized carbons (Fsp3) is 0.138. The van der Waals surface area contributed by atoms with E-state index in [9.17, 15) is 21.6 Å². The molecule has 4 aromatic carbocycles. The third-order valence-corrected chi connectivity index (χ3v) is 8.60. The van der Waals surface area contributed by atoms with Crippen LogP contribution in [0.3, 0.4) is 0 Å². The Kier molecular flexibility index (Phi) is 8.17. The molecular formula is C29H28N2O7S2. The molecule has 0 saturated heterocycles. The van der Waals surface area contributed by atoms with Gasteiger partial charge in [0, 0.05) is 11.8 Å². The molecule has 208 valence electrons. The van der Waals surface area contributed by atoms with Crippen molar-refractivity contribution in [1.29, 1.82) is 0 Å². The number of rotatable bonds is 8. The molecule has 9 nitrogen and oxygen atoms in total. The van der Waals surface area contributed by atoms with Crippen molar-refractivity contribution in [2.24, 2.45) is 0 Å². The molecule has 0 atom stereocenters. The lowest BCUT2D eigenvalue weighted by molar-refractivity contribution is 0.262. The Bertz CT molecular complexity index is 1760. The standard InChI is InChI=1S/C29H28N2O7S2/c1-19-12-14-25(15-13-19)39(33,34)38-27-11-6-5-10-26(27)31-29(32)30-23-8-7-9-24(18-23)37-40(35,36)28-21(3)16-20(2)17-22(28)4/h5-18H,1-4H3,(H2,30,31,32). The van der Waals surface area contributed by atoms with E-state index in [4.69, 9.17) is 8.37 Å². The number of anilines is 2. The largest absolute Gasteiger partial charge is 0.379 e. The van der Waals surface area contributed by atoms with Crippen LogP contribution >= 0.6 is 0 Å². The molecule has 0 fully saturated rings. The summed E-state index contributed by atoms with van der Waals surface area (Å²) in [6, 6.07) is 21.0. The predicted octanol–water partition coefficient (Wildman–Crippen LogP) is 6.10. The molecule has 0 aromatic heterocycles. The van der Waals surface area contributed by atoms with Crippen LogP contribution in [0.2, 0.25) is 0 Å². The smallest absolute Gasteiger partial charge is 0.339 e. The molecule has 4 rings (SSSR count). The number of para-hydroxylation sites is 2. The fourth-order valence-electron chi connectivity index (χ4n) is 4.15. The summed E-state index contributed by atoms with van der Waals surface area (Å²) in [5.41, 5.74) is 3.31. The average Bonchev–Trinajstić information content (AvgIpc) is 2.84. The van der Waals surface area contributed by atoms with E-state index in [0.717, 1.165) is 11.1 Å². The van der Waals surface area contributed by atoms with Crippen LogP contribution in [0.4, 0.5) is 16.2 Å². The van der Waals surface area contributed by atoms with Crippen LogP contribution in [0, 0.1) is 27.7 Å². The molecule has 11 heteroatoms. The van der Waals surface area contributed by atoms with Crippen molar-refractivity contribution in [2.75, 3.05) is 10.6 Å². The van der Waals surface area contributed by atoms with Crippen LogP contribution in [0.5, 0.6) is 11.5 Å².